The Balaban J connectivity index is 0.00000208. The molecule has 1 aliphatic heterocycles. The number of pyridine rings is 1. The summed E-state index contributed by atoms with van der Waals surface area (Å²) in [7, 11) is 1.53. The van der Waals surface area contributed by atoms with Gasteiger partial charge in [-0.1, -0.05) is 0 Å². The minimum atomic E-state index is -0.858. The van der Waals surface area contributed by atoms with Gasteiger partial charge < -0.3 is 15.0 Å². The summed E-state index contributed by atoms with van der Waals surface area (Å²) < 4.78 is 19.3. The van der Waals surface area contributed by atoms with Crippen LogP contribution in [0, 0.1) is 17.7 Å². The van der Waals surface area contributed by atoms with Crippen LogP contribution in [0.3, 0.4) is 0 Å². The van der Waals surface area contributed by atoms with Crippen molar-refractivity contribution in [3.05, 3.63) is 24.3 Å². The van der Waals surface area contributed by atoms with Crippen LogP contribution in [-0.4, -0.2) is 42.7 Å². The SMILES string of the molecule is COC(C)(C)C(=O)N[C@H]1CN(c2ccncc2F)C[C@@H]1C1CC1.Cl. The van der Waals surface area contributed by atoms with Crippen LogP contribution in [0.2, 0.25) is 0 Å². The summed E-state index contributed by atoms with van der Waals surface area (Å²) in [6, 6.07) is 1.72. The van der Waals surface area contributed by atoms with Crippen molar-refractivity contribution in [3.63, 3.8) is 0 Å². The highest BCUT2D eigenvalue weighted by Crippen LogP contribution is 2.42. The van der Waals surface area contributed by atoms with Gasteiger partial charge in [0.2, 0.25) is 0 Å². The molecule has 2 fully saturated rings. The number of methoxy groups -OCH3 is 1. The highest BCUT2D eigenvalue weighted by atomic mass is 35.5. The molecule has 0 radical (unpaired) electrons. The first-order valence-corrected chi connectivity index (χ1v) is 8.13. The van der Waals surface area contributed by atoms with Crippen LogP contribution in [0.15, 0.2) is 18.5 Å². The molecule has 1 aliphatic carbocycles. The molecule has 1 saturated carbocycles. The highest BCUT2D eigenvalue weighted by Gasteiger charge is 2.44. The number of nitrogens with one attached hydrogen (secondary N) is 1. The van der Waals surface area contributed by atoms with Crippen LogP contribution in [0.4, 0.5) is 10.1 Å². The molecule has 2 heterocycles. The zero-order chi connectivity index (χ0) is 16.6. The topological polar surface area (TPSA) is 54.5 Å². The molecule has 0 aromatic carbocycles. The third-order valence-electron chi connectivity index (χ3n) is 5.06. The minimum Gasteiger partial charge on any atom is -0.369 e. The Morgan fingerprint density at radius 1 is 1.42 bits per heavy atom. The van der Waals surface area contributed by atoms with Gasteiger partial charge in [0.15, 0.2) is 5.82 Å². The maximum Gasteiger partial charge on any atom is 0.251 e. The van der Waals surface area contributed by atoms with Crippen molar-refractivity contribution < 1.29 is 13.9 Å². The second kappa shape index (κ2) is 7.23. The molecule has 1 N–H and O–H groups in total. The summed E-state index contributed by atoms with van der Waals surface area (Å²) >= 11 is 0. The number of amides is 1. The smallest absolute Gasteiger partial charge is 0.251 e. The molecule has 2 atom stereocenters. The van der Waals surface area contributed by atoms with Crippen LogP contribution in [0.5, 0.6) is 0 Å². The standard InChI is InChI=1S/C17H24FN3O2.ClH/c1-17(2,23-3)16(22)20-14-10-21(9-12(14)11-4-5-11)15-6-7-19-8-13(15)18;/h6-8,11-12,14H,4-5,9-10H2,1-3H3,(H,20,22);1H/t12-,14+;/m1./s1. The Labute approximate surface area is 148 Å². The molecule has 1 saturated heterocycles. The number of carbonyl (C=O) groups is 1. The predicted molar refractivity (Wildman–Crippen MR) is 92.9 cm³/mol. The predicted octanol–water partition coefficient (Wildman–Crippen LogP) is 2.40. The normalized spacial score (nSPS) is 23.8. The van der Waals surface area contributed by atoms with Crippen LogP contribution >= 0.6 is 12.4 Å². The van der Waals surface area contributed by atoms with Crippen LogP contribution in [0.25, 0.3) is 0 Å². The molecular weight excluding hydrogens is 333 g/mol. The second-order valence-electron chi connectivity index (χ2n) is 7.03. The summed E-state index contributed by atoms with van der Waals surface area (Å²) in [4.78, 5) is 18.2. The average Bonchev–Trinajstić information content (AvgIpc) is 3.29. The van der Waals surface area contributed by atoms with Gasteiger partial charge >= 0.3 is 0 Å². The lowest BCUT2D eigenvalue weighted by Gasteiger charge is -2.26. The molecule has 3 rings (SSSR count). The fourth-order valence-electron chi connectivity index (χ4n) is 3.24. The van der Waals surface area contributed by atoms with E-state index in [-0.39, 0.29) is 30.2 Å². The zero-order valence-electron chi connectivity index (χ0n) is 14.3. The average molecular weight is 358 g/mol. The van der Waals surface area contributed by atoms with Gasteiger partial charge in [0.25, 0.3) is 5.91 Å². The number of ether oxygens (including phenoxy) is 1. The second-order valence-corrected chi connectivity index (χ2v) is 7.03. The molecular formula is C17H25ClFN3O2. The van der Waals surface area contributed by atoms with Crippen molar-refractivity contribution in [2.75, 3.05) is 25.1 Å². The van der Waals surface area contributed by atoms with E-state index in [4.69, 9.17) is 4.74 Å². The third-order valence-corrected chi connectivity index (χ3v) is 5.06. The maximum atomic E-state index is 14.0. The van der Waals surface area contributed by atoms with E-state index >= 15 is 0 Å². The van der Waals surface area contributed by atoms with Gasteiger partial charge in [-0.15, -0.1) is 12.4 Å². The fraction of sp³-hybridized carbons (Fsp3) is 0.647. The minimum absolute atomic E-state index is 0. The van der Waals surface area contributed by atoms with E-state index in [9.17, 15) is 9.18 Å². The van der Waals surface area contributed by atoms with Gasteiger partial charge in [0, 0.05) is 32.3 Å². The first-order chi connectivity index (χ1) is 10.9. The number of hydrogen-bond acceptors (Lipinski definition) is 4. The van der Waals surface area contributed by atoms with Crippen molar-refractivity contribution in [1.82, 2.24) is 10.3 Å². The first kappa shape index (κ1) is 18.9. The molecule has 1 aromatic heterocycles. The van der Waals surface area contributed by atoms with E-state index in [0.29, 0.717) is 24.1 Å². The van der Waals surface area contributed by atoms with E-state index in [2.05, 4.69) is 10.3 Å². The molecule has 24 heavy (non-hydrogen) atoms. The summed E-state index contributed by atoms with van der Waals surface area (Å²) in [6.07, 6.45) is 5.22. The molecule has 5 nitrogen and oxygen atoms in total. The van der Waals surface area contributed by atoms with Crippen LogP contribution in [0.1, 0.15) is 26.7 Å². The van der Waals surface area contributed by atoms with Crippen LogP contribution in [-0.2, 0) is 9.53 Å². The maximum absolute atomic E-state index is 14.0. The van der Waals surface area contributed by atoms with Crippen molar-refractivity contribution in [1.29, 1.82) is 0 Å². The van der Waals surface area contributed by atoms with Crippen molar-refractivity contribution >= 4 is 24.0 Å². The van der Waals surface area contributed by atoms with Gasteiger partial charge in [0.1, 0.15) is 5.60 Å². The summed E-state index contributed by atoms with van der Waals surface area (Å²) in [5.41, 5.74) is -0.294. The van der Waals surface area contributed by atoms with E-state index < -0.39 is 5.60 Å². The van der Waals surface area contributed by atoms with Gasteiger partial charge in [-0.3, -0.25) is 9.78 Å². The largest absolute Gasteiger partial charge is 0.369 e. The van der Waals surface area contributed by atoms with E-state index in [1.165, 1.54) is 26.1 Å². The van der Waals surface area contributed by atoms with Crippen molar-refractivity contribution in [2.45, 2.75) is 38.3 Å². The number of rotatable bonds is 5. The van der Waals surface area contributed by atoms with E-state index in [1.54, 1.807) is 26.1 Å². The molecule has 1 aromatic rings. The van der Waals surface area contributed by atoms with Gasteiger partial charge in [0.05, 0.1) is 17.9 Å². The summed E-state index contributed by atoms with van der Waals surface area (Å²) in [5, 5.41) is 3.12. The Hall–Kier alpha value is -1.40. The Kier molecular flexibility index (Phi) is 5.71. The zero-order valence-corrected chi connectivity index (χ0v) is 15.1. The number of carbonyl (C=O) groups excluding carboxylic acids is 1. The molecule has 0 unspecified atom stereocenters. The fourth-order valence-corrected chi connectivity index (χ4v) is 3.24. The Bertz CT molecular complexity index is 595. The van der Waals surface area contributed by atoms with Gasteiger partial charge in [-0.2, -0.15) is 0 Å². The van der Waals surface area contributed by atoms with Crippen LogP contribution < -0.4 is 10.2 Å². The molecule has 7 heteroatoms. The number of anilines is 1. The Morgan fingerprint density at radius 3 is 2.71 bits per heavy atom. The van der Waals surface area contributed by atoms with E-state index in [1.807, 2.05) is 4.90 Å². The van der Waals surface area contributed by atoms with E-state index in [0.717, 1.165) is 6.54 Å². The summed E-state index contributed by atoms with van der Waals surface area (Å²) in [6.45, 7) is 4.89. The number of nitrogens with zero attached hydrogens (tertiary/aromatic N) is 2. The monoisotopic (exact) mass is 357 g/mol. The molecule has 2 aliphatic rings. The molecule has 134 valence electrons. The number of halogens is 2. The number of hydrogen-bond donors (Lipinski definition) is 1. The third kappa shape index (κ3) is 3.81. The molecule has 1 amide bonds. The lowest BCUT2D eigenvalue weighted by Crippen LogP contribution is -2.50. The highest BCUT2D eigenvalue weighted by molar-refractivity contribution is 5.85. The summed E-state index contributed by atoms with van der Waals surface area (Å²) in [5.74, 6) is 0.555. The number of aromatic nitrogens is 1. The molecule has 0 spiro atoms. The van der Waals surface area contributed by atoms with Crippen molar-refractivity contribution in [2.24, 2.45) is 11.8 Å². The van der Waals surface area contributed by atoms with Gasteiger partial charge in [-0.25, -0.2) is 4.39 Å². The lowest BCUT2D eigenvalue weighted by molar-refractivity contribution is -0.140. The van der Waals surface area contributed by atoms with Gasteiger partial charge in [-0.05, 0) is 38.7 Å². The first-order valence-electron chi connectivity index (χ1n) is 8.13. The lowest BCUT2D eigenvalue weighted by atomic mass is 9.97. The Morgan fingerprint density at radius 2 is 2.12 bits per heavy atom. The van der Waals surface area contributed by atoms with Crippen molar-refractivity contribution in [3.8, 4) is 0 Å². The quantitative estimate of drug-likeness (QED) is 0.879. The molecule has 0 bridgehead atoms.